The molecule has 7 heavy (non-hydrogen) atoms. The Morgan fingerprint density at radius 1 is 1.29 bits per heavy atom. The predicted octanol–water partition coefficient (Wildman–Crippen LogP) is 0.870. The summed E-state index contributed by atoms with van der Waals surface area (Å²) < 4.78 is 0. The lowest BCUT2D eigenvalue weighted by Crippen LogP contribution is -1.61. The van der Waals surface area contributed by atoms with E-state index < -0.39 is 0 Å². The molecule has 0 N–H and O–H groups in total. The zero-order valence-electron chi connectivity index (χ0n) is 3.72. The maximum absolute atomic E-state index is 9.74. The van der Waals surface area contributed by atoms with E-state index in [2.05, 4.69) is 0 Å². The van der Waals surface area contributed by atoms with Crippen molar-refractivity contribution < 1.29 is 4.79 Å². The van der Waals surface area contributed by atoms with E-state index in [0.717, 1.165) is 0 Å². The van der Waals surface area contributed by atoms with Gasteiger partial charge in [0.2, 0.25) is 0 Å². The molecular weight excluding hydrogens is 88.1 g/mol. The van der Waals surface area contributed by atoms with Crippen LogP contribution in [0.15, 0.2) is 29.9 Å². The summed E-state index contributed by atoms with van der Waals surface area (Å²) in [4.78, 5) is 9.74. The number of allylic oxidation sites excluding steroid dienone is 5. The van der Waals surface area contributed by atoms with Crippen LogP contribution in [0.3, 0.4) is 0 Å². The first-order valence-corrected chi connectivity index (χ1v) is 2.03. The van der Waals surface area contributed by atoms with Gasteiger partial charge in [0.15, 0.2) is 0 Å². The Labute approximate surface area is 41.7 Å². The third kappa shape index (κ3) is 0.673. The summed E-state index contributed by atoms with van der Waals surface area (Å²) in [6, 6.07) is 0. The Bertz CT molecular complexity index is 155. The molecule has 34 valence electrons. The molecule has 0 fully saturated rings. The molecule has 1 aliphatic carbocycles. The SMILES string of the molecule is O=C=C1C=CC=C1. The Morgan fingerprint density at radius 2 is 1.86 bits per heavy atom. The van der Waals surface area contributed by atoms with Gasteiger partial charge in [0.25, 0.3) is 0 Å². The van der Waals surface area contributed by atoms with Gasteiger partial charge in [-0.05, 0) is 12.2 Å². The predicted molar refractivity (Wildman–Crippen MR) is 27.5 cm³/mol. The summed E-state index contributed by atoms with van der Waals surface area (Å²) in [7, 11) is 0. The Kier molecular flexibility index (Phi) is 0.928. The topological polar surface area (TPSA) is 17.1 Å². The maximum atomic E-state index is 9.74. The van der Waals surface area contributed by atoms with Crippen LogP contribution in [0.25, 0.3) is 0 Å². The molecule has 1 heteroatoms. The maximum Gasteiger partial charge on any atom is 0.132 e. The van der Waals surface area contributed by atoms with Crippen molar-refractivity contribution in [3.05, 3.63) is 29.9 Å². The van der Waals surface area contributed by atoms with Gasteiger partial charge in [-0.3, -0.25) is 0 Å². The minimum atomic E-state index is 0.625. The number of carbonyl (C=O) groups excluding carboxylic acids is 1. The second kappa shape index (κ2) is 1.59. The lowest BCUT2D eigenvalue weighted by molar-refractivity contribution is 0.568. The largest absolute Gasteiger partial charge is 0.233 e. The molecule has 0 aromatic heterocycles. The fourth-order valence-electron chi connectivity index (χ4n) is 0.442. The zero-order chi connectivity index (χ0) is 5.11. The summed E-state index contributed by atoms with van der Waals surface area (Å²) in [6.07, 6.45) is 7.04. The second-order valence-corrected chi connectivity index (χ2v) is 1.28. The lowest BCUT2D eigenvalue weighted by atomic mass is 10.3. The third-order valence-corrected chi connectivity index (χ3v) is 0.781. The average Bonchev–Trinajstić information content (AvgIpc) is 2.14. The van der Waals surface area contributed by atoms with Crippen molar-refractivity contribution in [2.24, 2.45) is 0 Å². The molecule has 0 amide bonds. The normalized spacial score (nSPS) is 15.1. The van der Waals surface area contributed by atoms with E-state index in [1.165, 1.54) is 0 Å². The Balaban J connectivity index is 3.00. The van der Waals surface area contributed by atoms with Gasteiger partial charge in [-0.25, -0.2) is 4.79 Å². The molecule has 1 rings (SSSR count). The van der Waals surface area contributed by atoms with Crippen LogP contribution in [0, 0.1) is 0 Å². The number of rotatable bonds is 0. The molecule has 0 aromatic carbocycles. The highest BCUT2D eigenvalue weighted by Gasteiger charge is 1.86. The monoisotopic (exact) mass is 92.0 g/mol. The second-order valence-electron chi connectivity index (χ2n) is 1.28. The van der Waals surface area contributed by atoms with Gasteiger partial charge in [0, 0.05) is 0 Å². The van der Waals surface area contributed by atoms with E-state index in [9.17, 15) is 4.79 Å². The van der Waals surface area contributed by atoms with Gasteiger partial charge in [0.05, 0.1) is 5.57 Å². The Morgan fingerprint density at radius 3 is 2.14 bits per heavy atom. The van der Waals surface area contributed by atoms with E-state index in [1.807, 2.05) is 0 Å². The standard InChI is InChI=1S/C6H4O/c7-5-6-3-1-2-4-6/h1-4H. The summed E-state index contributed by atoms with van der Waals surface area (Å²) in [5.74, 6) is 1.76. The Hall–Kier alpha value is -1.07. The molecule has 0 aromatic rings. The number of hydrogen-bond acceptors (Lipinski definition) is 1. The highest BCUT2D eigenvalue weighted by molar-refractivity contribution is 5.64. The fourth-order valence-corrected chi connectivity index (χ4v) is 0.442. The molecule has 0 aliphatic heterocycles. The van der Waals surface area contributed by atoms with Crippen molar-refractivity contribution in [2.75, 3.05) is 0 Å². The third-order valence-electron chi connectivity index (χ3n) is 0.781. The van der Waals surface area contributed by atoms with Gasteiger partial charge in [-0.2, -0.15) is 0 Å². The molecule has 0 saturated heterocycles. The van der Waals surface area contributed by atoms with E-state index >= 15 is 0 Å². The van der Waals surface area contributed by atoms with Crippen molar-refractivity contribution in [1.82, 2.24) is 0 Å². The first-order valence-electron chi connectivity index (χ1n) is 2.03. The summed E-state index contributed by atoms with van der Waals surface area (Å²) >= 11 is 0. The number of hydrogen-bond donors (Lipinski definition) is 0. The highest BCUT2D eigenvalue weighted by atomic mass is 16.1. The van der Waals surface area contributed by atoms with Gasteiger partial charge in [-0.1, -0.05) is 12.2 Å². The van der Waals surface area contributed by atoms with Crippen LogP contribution < -0.4 is 0 Å². The first kappa shape index (κ1) is 4.10. The molecule has 1 aliphatic rings. The van der Waals surface area contributed by atoms with E-state index in [4.69, 9.17) is 0 Å². The van der Waals surface area contributed by atoms with Crippen LogP contribution in [0.4, 0.5) is 0 Å². The molecule has 1 nitrogen and oxygen atoms in total. The molecule has 0 spiro atoms. The van der Waals surface area contributed by atoms with Gasteiger partial charge < -0.3 is 0 Å². The van der Waals surface area contributed by atoms with Crippen molar-refractivity contribution in [3.63, 3.8) is 0 Å². The summed E-state index contributed by atoms with van der Waals surface area (Å²) in [6.45, 7) is 0. The minimum Gasteiger partial charge on any atom is -0.233 e. The van der Waals surface area contributed by atoms with Crippen LogP contribution in [0.1, 0.15) is 0 Å². The van der Waals surface area contributed by atoms with Crippen LogP contribution >= 0.6 is 0 Å². The van der Waals surface area contributed by atoms with Crippen LogP contribution in [0.2, 0.25) is 0 Å². The highest BCUT2D eigenvalue weighted by Crippen LogP contribution is 2.00. The van der Waals surface area contributed by atoms with Crippen molar-refractivity contribution in [3.8, 4) is 0 Å². The fraction of sp³-hybridized carbons (Fsp3) is 0. The smallest absolute Gasteiger partial charge is 0.132 e. The van der Waals surface area contributed by atoms with Gasteiger partial charge >= 0.3 is 0 Å². The van der Waals surface area contributed by atoms with Crippen molar-refractivity contribution in [2.45, 2.75) is 0 Å². The van der Waals surface area contributed by atoms with Crippen LogP contribution in [-0.2, 0) is 4.79 Å². The van der Waals surface area contributed by atoms with E-state index in [1.54, 1.807) is 30.2 Å². The average molecular weight is 92.1 g/mol. The molecule has 0 saturated carbocycles. The van der Waals surface area contributed by atoms with Gasteiger partial charge in [0.1, 0.15) is 5.94 Å². The quantitative estimate of drug-likeness (QED) is 0.405. The molecule has 0 unspecified atom stereocenters. The van der Waals surface area contributed by atoms with Gasteiger partial charge in [-0.15, -0.1) is 0 Å². The van der Waals surface area contributed by atoms with Crippen molar-refractivity contribution in [1.29, 1.82) is 0 Å². The lowest BCUT2D eigenvalue weighted by Gasteiger charge is -1.67. The van der Waals surface area contributed by atoms with Crippen LogP contribution in [-0.4, -0.2) is 5.94 Å². The van der Waals surface area contributed by atoms with E-state index in [0.29, 0.717) is 5.57 Å². The van der Waals surface area contributed by atoms with E-state index in [-0.39, 0.29) is 0 Å². The minimum absolute atomic E-state index is 0.625. The molecule has 0 radical (unpaired) electrons. The van der Waals surface area contributed by atoms with Crippen molar-refractivity contribution >= 4 is 5.94 Å². The molecule has 0 atom stereocenters. The zero-order valence-corrected chi connectivity index (χ0v) is 3.72. The molecule has 0 bridgehead atoms. The molecular formula is C6H4O. The first-order chi connectivity index (χ1) is 3.43. The summed E-state index contributed by atoms with van der Waals surface area (Å²) in [5.41, 5.74) is 0.625. The molecule has 0 heterocycles. The van der Waals surface area contributed by atoms with Crippen LogP contribution in [0.5, 0.6) is 0 Å². The summed E-state index contributed by atoms with van der Waals surface area (Å²) in [5, 5.41) is 0.